The highest BCUT2D eigenvalue weighted by Gasteiger charge is 2.33. The molecule has 0 spiro atoms. The minimum absolute atomic E-state index is 0.0323. The van der Waals surface area contributed by atoms with Gasteiger partial charge in [0.05, 0.1) is 0 Å². The Morgan fingerprint density at radius 2 is 1.86 bits per heavy atom. The monoisotopic (exact) mass is 503 g/mol. The minimum Gasteiger partial charge on any atom is -0.335 e. The Kier molecular flexibility index (Phi) is 7.69. The van der Waals surface area contributed by atoms with Crippen molar-refractivity contribution in [2.45, 2.75) is 96.9 Å². The average Bonchev–Trinajstić information content (AvgIpc) is 3.71. The zero-order chi connectivity index (χ0) is 26.1. The van der Waals surface area contributed by atoms with E-state index in [2.05, 4.69) is 25.7 Å². The van der Waals surface area contributed by atoms with Crippen molar-refractivity contribution < 1.29 is 9.18 Å². The predicted octanol–water partition coefficient (Wildman–Crippen LogP) is 7.59. The standard InChI is InChI=1S/C32H42FN3O/c1-5-21(2)27(26-15-10-14-25(31(26)33)23-16-17-23)19-30-34-28(20-29(35(30)4)24-12-9-13-24)32(37)36-18-8-6-7-11-22(36)3/h10,14-15,19-20,22-24H,5-9,11-13,16-18H2,1-4H3/b27-21+,30-19-. The molecule has 5 heteroatoms. The number of benzene rings is 1. The summed E-state index contributed by atoms with van der Waals surface area (Å²) in [6, 6.07) is 6.04. The first-order valence-corrected chi connectivity index (χ1v) is 14.4. The second-order valence-corrected chi connectivity index (χ2v) is 11.5. The molecule has 198 valence electrons. The van der Waals surface area contributed by atoms with E-state index in [0.717, 1.165) is 74.0 Å². The average molecular weight is 504 g/mol. The van der Waals surface area contributed by atoms with Gasteiger partial charge in [0.2, 0.25) is 0 Å². The maximum atomic E-state index is 15.8. The molecule has 2 heterocycles. The van der Waals surface area contributed by atoms with Gasteiger partial charge < -0.3 is 9.80 Å². The summed E-state index contributed by atoms with van der Waals surface area (Å²) >= 11 is 0. The Hall–Kier alpha value is -2.69. The molecule has 0 aromatic heterocycles. The Balaban J connectivity index is 1.57. The molecule has 4 nitrogen and oxygen atoms in total. The molecule has 0 radical (unpaired) electrons. The molecule has 1 amide bonds. The van der Waals surface area contributed by atoms with Crippen LogP contribution in [-0.2, 0) is 4.79 Å². The predicted molar refractivity (Wildman–Crippen MR) is 150 cm³/mol. The Morgan fingerprint density at radius 3 is 2.54 bits per heavy atom. The molecule has 37 heavy (non-hydrogen) atoms. The largest absolute Gasteiger partial charge is 0.335 e. The maximum absolute atomic E-state index is 15.8. The molecule has 1 aromatic rings. The van der Waals surface area contributed by atoms with Crippen molar-refractivity contribution in [3.05, 3.63) is 64.4 Å². The van der Waals surface area contributed by atoms with E-state index in [0.29, 0.717) is 23.1 Å². The third-order valence-corrected chi connectivity index (χ3v) is 8.91. The van der Waals surface area contributed by atoms with Gasteiger partial charge in [0.25, 0.3) is 5.91 Å². The highest BCUT2D eigenvalue weighted by atomic mass is 19.1. The molecule has 2 aliphatic heterocycles. The van der Waals surface area contributed by atoms with Crippen LogP contribution in [-0.4, -0.2) is 41.1 Å². The highest BCUT2D eigenvalue weighted by molar-refractivity contribution is 6.43. The number of rotatable bonds is 6. The number of carbonyl (C=O) groups excluding carboxylic acids is 1. The summed E-state index contributed by atoms with van der Waals surface area (Å²) in [6.07, 6.45) is 14.9. The van der Waals surface area contributed by atoms with Crippen LogP contribution in [0.25, 0.3) is 5.57 Å². The Morgan fingerprint density at radius 1 is 1.08 bits per heavy atom. The van der Waals surface area contributed by atoms with E-state index < -0.39 is 0 Å². The molecule has 2 saturated carbocycles. The van der Waals surface area contributed by atoms with E-state index in [4.69, 9.17) is 4.99 Å². The normalized spacial score (nSPS) is 24.8. The molecular formula is C32H42FN3O. The number of halogens is 1. The van der Waals surface area contributed by atoms with Crippen LogP contribution in [0.4, 0.5) is 4.39 Å². The zero-order valence-corrected chi connectivity index (χ0v) is 23.0. The maximum Gasteiger partial charge on any atom is 0.272 e. The van der Waals surface area contributed by atoms with Crippen molar-refractivity contribution in [2.75, 3.05) is 13.6 Å². The summed E-state index contributed by atoms with van der Waals surface area (Å²) in [5.41, 5.74) is 5.18. The molecular weight excluding hydrogens is 461 g/mol. The second-order valence-electron chi connectivity index (χ2n) is 11.5. The van der Waals surface area contributed by atoms with Crippen LogP contribution in [0.5, 0.6) is 0 Å². The lowest BCUT2D eigenvalue weighted by Gasteiger charge is -2.37. The molecule has 2 aliphatic carbocycles. The third kappa shape index (κ3) is 5.32. The molecule has 3 fully saturated rings. The Labute approximate surface area is 222 Å². The van der Waals surface area contributed by atoms with Crippen molar-refractivity contribution in [3.8, 4) is 0 Å². The molecule has 5 rings (SSSR count). The van der Waals surface area contributed by atoms with Gasteiger partial charge in [0.1, 0.15) is 17.3 Å². The van der Waals surface area contributed by atoms with Gasteiger partial charge in [-0.05, 0) is 93.9 Å². The number of amides is 1. The molecule has 0 N–H and O–H groups in total. The van der Waals surface area contributed by atoms with E-state index in [1.807, 2.05) is 42.3 Å². The number of likely N-dealkylation sites (tertiary alicyclic amines) is 1. The van der Waals surface area contributed by atoms with Crippen LogP contribution in [0.2, 0.25) is 0 Å². The van der Waals surface area contributed by atoms with Gasteiger partial charge in [0.15, 0.2) is 0 Å². The van der Waals surface area contributed by atoms with E-state index in [9.17, 15) is 4.79 Å². The van der Waals surface area contributed by atoms with Crippen LogP contribution >= 0.6 is 0 Å². The fourth-order valence-corrected chi connectivity index (χ4v) is 5.88. The summed E-state index contributed by atoms with van der Waals surface area (Å²) in [5.74, 6) is 1.46. The topological polar surface area (TPSA) is 35.9 Å². The number of allylic oxidation sites excluding steroid dienone is 4. The number of hydrogen-bond donors (Lipinski definition) is 0. The minimum atomic E-state index is -0.100. The lowest BCUT2D eigenvalue weighted by Crippen LogP contribution is -2.43. The molecule has 1 unspecified atom stereocenters. The first kappa shape index (κ1) is 25.9. The van der Waals surface area contributed by atoms with E-state index in [1.165, 1.54) is 25.0 Å². The lowest BCUT2D eigenvalue weighted by molar-refractivity contribution is -0.125. The van der Waals surface area contributed by atoms with Crippen LogP contribution < -0.4 is 0 Å². The van der Waals surface area contributed by atoms with Gasteiger partial charge in [-0.1, -0.05) is 50.0 Å². The first-order chi connectivity index (χ1) is 17.9. The second kappa shape index (κ2) is 11.0. The van der Waals surface area contributed by atoms with Gasteiger partial charge in [-0.2, -0.15) is 0 Å². The lowest BCUT2D eigenvalue weighted by atomic mass is 9.81. The van der Waals surface area contributed by atoms with Crippen LogP contribution in [0, 0.1) is 11.7 Å². The third-order valence-electron chi connectivity index (χ3n) is 8.91. The van der Waals surface area contributed by atoms with E-state index in [1.54, 1.807) is 0 Å². The summed E-state index contributed by atoms with van der Waals surface area (Å²) in [7, 11) is 2.05. The van der Waals surface area contributed by atoms with Gasteiger partial charge in [-0.25, -0.2) is 9.38 Å². The number of aliphatic imine (C=N–C) groups is 1. The molecule has 1 saturated heterocycles. The summed E-state index contributed by atoms with van der Waals surface area (Å²) in [5, 5.41) is 0. The summed E-state index contributed by atoms with van der Waals surface area (Å²) < 4.78 is 15.8. The smallest absolute Gasteiger partial charge is 0.272 e. The Bertz CT molecular complexity index is 1170. The summed E-state index contributed by atoms with van der Waals surface area (Å²) in [6.45, 7) is 7.14. The first-order valence-electron chi connectivity index (χ1n) is 14.4. The van der Waals surface area contributed by atoms with Crippen LogP contribution in [0.15, 0.2) is 52.4 Å². The van der Waals surface area contributed by atoms with E-state index in [-0.39, 0.29) is 17.8 Å². The van der Waals surface area contributed by atoms with Crippen molar-refractivity contribution in [1.29, 1.82) is 0 Å². The number of hydrogen-bond acceptors (Lipinski definition) is 3. The van der Waals surface area contributed by atoms with E-state index >= 15 is 4.39 Å². The zero-order valence-electron chi connectivity index (χ0n) is 23.0. The van der Waals surface area contributed by atoms with Gasteiger partial charge in [0, 0.05) is 30.9 Å². The SMILES string of the molecule is CC/C(C)=C(\C=C1\N=C(C(=O)N2CCCCCC2C)C=C(C2CCC2)N1C)c1cccc(C2CC2)c1F. The number of carbonyl (C=O) groups is 1. The van der Waals surface area contributed by atoms with Crippen molar-refractivity contribution in [1.82, 2.24) is 9.80 Å². The molecule has 1 atom stereocenters. The van der Waals surface area contributed by atoms with Gasteiger partial charge >= 0.3 is 0 Å². The van der Waals surface area contributed by atoms with Crippen LogP contribution in [0.3, 0.4) is 0 Å². The van der Waals surface area contributed by atoms with Crippen molar-refractivity contribution >= 4 is 17.2 Å². The van der Waals surface area contributed by atoms with Crippen LogP contribution in [0.1, 0.15) is 102 Å². The fraction of sp³-hybridized carbons (Fsp3) is 0.562. The van der Waals surface area contributed by atoms with Gasteiger partial charge in [-0.3, -0.25) is 4.79 Å². The van der Waals surface area contributed by atoms with Crippen molar-refractivity contribution in [3.63, 3.8) is 0 Å². The highest BCUT2D eigenvalue weighted by Crippen LogP contribution is 2.43. The molecule has 4 aliphatic rings. The fourth-order valence-electron chi connectivity index (χ4n) is 5.88. The van der Waals surface area contributed by atoms with Crippen molar-refractivity contribution in [2.24, 2.45) is 10.9 Å². The number of nitrogens with zero attached hydrogens (tertiary/aromatic N) is 3. The molecule has 1 aromatic carbocycles. The molecule has 0 bridgehead atoms. The van der Waals surface area contributed by atoms with Gasteiger partial charge in [-0.15, -0.1) is 0 Å². The quantitative estimate of drug-likeness (QED) is 0.401. The summed E-state index contributed by atoms with van der Waals surface area (Å²) in [4.78, 5) is 22.9.